The van der Waals surface area contributed by atoms with E-state index < -0.39 is 33.2 Å². The molecule has 0 bridgehead atoms. The Kier molecular flexibility index (Phi) is 4.75. The van der Waals surface area contributed by atoms with Crippen molar-refractivity contribution in [2.24, 2.45) is 5.41 Å². The van der Waals surface area contributed by atoms with Crippen molar-refractivity contribution in [1.29, 1.82) is 0 Å². The zero-order valence-corrected chi connectivity index (χ0v) is 15.3. The van der Waals surface area contributed by atoms with Crippen molar-refractivity contribution in [3.8, 4) is 0 Å². The number of aliphatic carboxylic acids is 1. The van der Waals surface area contributed by atoms with E-state index in [4.69, 9.17) is 0 Å². The molecule has 2 aromatic carbocycles. The minimum atomic E-state index is -3.18. The molecule has 0 saturated heterocycles. The van der Waals surface area contributed by atoms with Gasteiger partial charge in [-0.25, -0.2) is 13.2 Å². The number of benzene rings is 2. The number of carboxylic acid groups (broad SMARTS) is 1. The Bertz CT molecular complexity index is 963. The molecule has 0 radical (unpaired) electrons. The number of carbonyl (C=O) groups excluding carboxylic acids is 1. The van der Waals surface area contributed by atoms with Crippen LogP contribution in [0.15, 0.2) is 42.5 Å². The quantitative estimate of drug-likeness (QED) is 0.773. The van der Waals surface area contributed by atoms with Crippen molar-refractivity contribution < 1.29 is 23.1 Å². The summed E-state index contributed by atoms with van der Waals surface area (Å²) in [6.45, 7) is 0. The summed E-state index contributed by atoms with van der Waals surface area (Å²) in [4.78, 5) is 24.0. The summed E-state index contributed by atoms with van der Waals surface area (Å²) in [7, 11) is -3.18. The highest BCUT2D eigenvalue weighted by Gasteiger charge is 2.47. The maximum Gasteiger partial charge on any atom is 0.330 e. The molecule has 2 N–H and O–H groups in total. The van der Waals surface area contributed by atoms with E-state index in [1.165, 1.54) is 0 Å². The molecule has 1 atom stereocenters. The van der Waals surface area contributed by atoms with E-state index in [9.17, 15) is 23.1 Å². The number of amides is 1. The number of hydrogen-bond acceptors (Lipinski definition) is 4. The third-order valence-electron chi connectivity index (χ3n) is 4.72. The monoisotopic (exact) mass is 375 g/mol. The first-order valence-electron chi connectivity index (χ1n) is 8.36. The lowest BCUT2D eigenvalue weighted by molar-refractivity contribution is -0.142. The van der Waals surface area contributed by atoms with Gasteiger partial charge in [-0.3, -0.25) is 4.79 Å². The number of rotatable bonds is 7. The third-order valence-corrected chi connectivity index (χ3v) is 5.86. The molecule has 1 saturated carbocycles. The molecular weight excluding hydrogens is 354 g/mol. The molecule has 0 aliphatic heterocycles. The largest absolute Gasteiger partial charge is 0.479 e. The third kappa shape index (κ3) is 4.40. The van der Waals surface area contributed by atoms with Crippen LogP contribution in [0.5, 0.6) is 0 Å². The Hall–Kier alpha value is -2.41. The van der Waals surface area contributed by atoms with Gasteiger partial charge in [-0.15, -0.1) is 0 Å². The standard InChI is InChI=1S/C19H21NO5S/c1-26(24,25)12-19(8-9-19)11-16(21)20-17(18(22)23)15-7-6-13-4-2-3-5-14(13)10-15/h2-7,10,17H,8-9,11-12H2,1H3,(H,20,21)(H,22,23). The number of fused-ring (bicyclic) bond motifs is 1. The number of hydrogen-bond donors (Lipinski definition) is 2. The van der Waals surface area contributed by atoms with Crippen LogP contribution in [0.25, 0.3) is 10.8 Å². The highest BCUT2D eigenvalue weighted by atomic mass is 32.2. The second-order valence-corrected chi connectivity index (χ2v) is 9.33. The lowest BCUT2D eigenvalue weighted by atomic mass is 10.0. The Morgan fingerprint density at radius 2 is 1.81 bits per heavy atom. The highest BCUT2D eigenvalue weighted by molar-refractivity contribution is 7.90. The van der Waals surface area contributed by atoms with E-state index >= 15 is 0 Å². The summed E-state index contributed by atoms with van der Waals surface area (Å²) in [6, 6.07) is 11.7. The summed E-state index contributed by atoms with van der Waals surface area (Å²) in [5.41, 5.74) is -0.0538. The molecule has 1 fully saturated rings. The van der Waals surface area contributed by atoms with Crippen molar-refractivity contribution in [2.45, 2.75) is 25.3 Å². The van der Waals surface area contributed by atoms with Crippen LogP contribution < -0.4 is 5.32 Å². The minimum absolute atomic E-state index is 0.0252. The number of carbonyl (C=O) groups is 2. The first kappa shape index (κ1) is 18.4. The number of sulfone groups is 1. The molecule has 1 aliphatic carbocycles. The molecule has 26 heavy (non-hydrogen) atoms. The second-order valence-electron chi connectivity index (χ2n) is 7.19. The first-order chi connectivity index (χ1) is 12.2. The first-order valence-corrected chi connectivity index (χ1v) is 10.4. The molecule has 2 aromatic rings. The predicted octanol–water partition coefficient (Wildman–Crippen LogP) is 2.30. The molecule has 0 spiro atoms. The SMILES string of the molecule is CS(=O)(=O)CC1(CC(=O)NC(C(=O)O)c2ccc3ccccc3c2)CC1. The van der Waals surface area contributed by atoms with Gasteiger partial charge in [0.15, 0.2) is 6.04 Å². The fourth-order valence-corrected chi connectivity index (χ4v) is 4.84. The van der Waals surface area contributed by atoms with Crippen LogP contribution in [-0.4, -0.2) is 37.4 Å². The Morgan fingerprint density at radius 1 is 1.15 bits per heavy atom. The van der Waals surface area contributed by atoms with Gasteiger partial charge in [-0.2, -0.15) is 0 Å². The summed E-state index contributed by atoms with van der Waals surface area (Å²) in [6.07, 6.45) is 2.51. The number of nitrogens with one attached hydrogen (secondary N) is 1. The van der Waals surface area contributed by atoms with Crippen LogP contribution in [-0.2, 0) is 19.4 Å². The Labute approximate surface area is 152 Å². The fraction of sp³-hybridized carbons (Fsp3) is 0.368. The van der Waals surface area contributed by atoms with Gasteiger partial charge in [0.25, 0.3) is 0 Å². The molecule has 1 aliphatic rings. The van der Waals surface area contributed by atoms with Crippen molar-refractivity contribution in [1.82, 2.24) is 5.32 Å². The Balaban J connectivity index is 1.76. The van der Waals surface area contributed by atoms with Crippen molar-refractivity contribution >= 4 is 32.5 Å². The smallest absolute Gasteiger partial charge is 0.330 e. The zero-order valence-electron chi connectivity index (χ0n) is 14.4. The molecule has 3 rings (SSSR count). The van der Waals surface area contributed by atoms with Crippen molar-refractivity contribution in [2.75, 3.05) is 12.0 Å². The molecule has 0 aromatic heterocycles. The molecule has 138 valence electrons. The molecule has 7 heteroatoms. The van der Waals surface area contributed by atoms with Gasteiger partial charge in [0, 0.05) is 12.7 Å². The average molecular weight is 375 g/mol. The molecule has 6 nitrogen and oxygen atoms in total. The van der Waals surface area contributed by atoms with E-state index in [0.29, 0.717) is 18.4 Å². The zero-order chi connectivity index (χ0) is 18.9. The van der Waals surface area contributed by atoms with E-state index in [-0.39, 0.29) is 12.2 Å². The number of carboxylic acids is 1. The predicted molar refractivity (Wildman–Crippen MR) is 98.5 cm³/mol. The second kappa shape index (κ2) is 6.72. The van der Waals surface area contributed by atoms with E-state index in [2.05, 4.69) is 5.32 Å². The van der Waals surface area contributed by atoms with Crippen LogP contribution in [0.4, 0.5) is 0 Å². The Morgan fingerprint density at radius 3 is 2.38 bits per heavy atom. The molecule has 1 unspecified atom stereocenters. The van der Waals surface area contributed by atoms with Gasteiger partial charge < -0.3 is 10.4 Å². The summed E-state index contributed by atoms with van der Waals surface area (Å²) < 4.78 is 23.0. The van der Waals surface area contributed by atoms with Crippen LogP contribution in [0, 0.1) is 5.41 Å². The maximum absolute atomic E-state index is 12.4. The molecule has 0 heterocycles. The highest BCUT2D eigenvalue weighted by Crippen LogP contribution is 2.49. The molecular formula is C19H21NO5S. The van der Waals surface area contributed by atoms with E-state index in [1.807, 2.05) is 30.3 Å². The topological polar surface area (TPSA) is 101 Å². The van der Waals surface area contributed by atoms with Crippen molar-refractivity contribution in [3.05, 3.63) is 48.0 Å². The van der Waals surface area contributed by atoms with Gasteiger partial charge in [0.05, 0.1) is 5.75 Å². The molecule has 1 amide bonds. The minimum Gasteiger partial charge on any atom is -0.479 e. The van der Waals surface area contributed by atoms with Gasteiger partial charge in [-0.1, -0.05) is 36.4 Å². The van der Waals surface area contributed by atoms with Gasteiger partial charge in [0.2, 0.25) is 5.91 Å². The fourth-order valence-electron chi connectivity index (χ4n) is 3.33. The summed E-state index contributed by atoms with van der Waals surface area (Å²) in [5, 5.41) is 14.0. The van der Waals surface area contributed by atoms with Crippen LogP contribution >= 0.6 is 0 Å². The van der Waals surface area contributed by atoms with Gasteiger partial charge >= 0.3 is 5.97 Å². The van der Waals surface area contributed by atoms with Crippen LogP contribution in [0.1, 0.15) is 30.9 Å². The van der Waals surface area contributed by atoms with Crippen molar-refractivity contribution in [3.63, 3.8) is 0 Å². The van der Waals surface area contributed by atoms with Gasteiger partial charge in [-0.05, 0) is 40.7 Å². The normalized spacial score (nSPS) is 16.8. The van der Waals surface area contributed by atoms with E-state index in [1.54, 1.807) is 12.1 Å². The van der Waals surface area contributed by atoms with Crippen LogP contribution in [0.2, 0.25) is 0 Å². The average Bonchev–Trinajstić information content (AvgIpc) is 3.28. The van der Waals surface area contributed by atoms with Crippen LogP contribution in [0.3, 0.4) is 0 Å². The lowest BCUT2D eigenvalue weighted by Gasteiger charge is -2.18. The summed E-state index contributed by atoms with van der Waals surface area (Å²) >= 11 is 0. The summed E-state index contributed by atoms with van der Waals surface area (Å²) in [5.74, 6) is -1.63. The lowest BCUT2D eigenvalue weighted by Crippen LogP contribution is -2.35. The van der Waals surface area contributed by atoms with E-state index in [0.717, 1.165) is 17.0 Å². The van der Waals surface area contributed by atoms with Gasteiger partial charge in [0.1, 0.15) is 9.84 Å². The maximum atomic E-state index is 12.4.